The fourth-order valence-electron chi connectivity index (χ4n) is 1.19. The normalized spacial score (nSPS) is 10.9. The summed E-state index contributed by atoms with van der Waals surface area (Å²) in [6, 6.07) is 15.4. The van der Waals surface area contributed by atoms with E-state index >= 15 is 0 Å². The van der Waals surface area contributed by atoms with Crippen LogP contribution in [0.15, 0.2) is 67.7 Å². The van der Waals surface area contributed by atoms with Gasteiger partial charge in [0.05, 0.1) is 11.4 Å². The van der Waals surface area contributed by atoms with Crippen LogP contribution in [0.4, 0.5) is 11.4 Å². The van der Waals surface area contributed by atoms with Crippen LogP contribution in [0, 0.1) is 0 Å². The van der Waals surface area contributed by atoms with E-state index in [0.717, 1.165) is 20.3 Å². The first-order valence-corrected chi connectivity index (χ1v) is 6.25. The van der Waals surface area contributed by atoms with E-state index in [1.165, 1.54) is 0 Å². The van der Waals surface area contributed by atoms with Crippen molar-refractivity contribution in [3.05, 3.63) is 57.5 Å². The van der Waals surface area contributed by atoms with Gasteiger partial charge in [-0.05, 0) is 36.4 Å². The van der Waals surface area contributed by atoms with Gasteiger partial charge in [0.25, 0.3) is 0 Å². The monoisotopic (exact) mass is 338 g/mol. The molecular formula is C12H8Br2N2. The van der Waals surface area contributed by atoms with Crippen molar-refractivity contribution < 1.29 is 0 Å². The van der Waals surface area contributed by atoms with Crippen molar-refractivity contribution in [1.29, 1.82) is 0 Å². The third-order valence-electron chi connectivity index (χ3n) is 1.90. The minimum absolute atomic E-state index is 0.828. The molecule has 0 heterocycles. The molecule has 0 fully saturated rings. The van der Waals surface area contributed by atoms with E-state index in [-0.39, 0.29) is 0 Å². The molecule has 80 valence electrons. The molecule has 2 nitrogen and oxygen atoms in total. The highest BCUT2D eigenvalue weighted by molar-refractivity contribution is 9.10. The zero-order chi connectivity index (χ0) is 11.4. The fourth-order valence-corrected chi connectivity index (χ4v) is 1.97. The topological polar surface area (TPSA) is 24.7 Å². The van der Waals surface area contributed by atoms with Crippen molar-refractivity contribution in [2.45, 2.75) is 0 Å². The largest absolute Gasteiger partial charge is 0.151 e. The Morgan fingerprint density at radius 3 is 1.50 bits per heavy atom. The predicted octanol–water partition coefficient (Wildman–Crippen LogP) is 5.63. The van der Waals surface area contributed by atoms with Crippen LogP contribution in [-0.2, 0) is 0 Å². The van der Waals surface area contributed by atoms with Gasteiger partial charge in [0.2, 0.25) is 0 Å². The number of benzene rings is 2. The third kappa shape index (κ3) is 3.25. The predicted molar refractivity (Wildman–Crippen MR) is 72.5 cm³/mol. The van der Waals surface area contributed by atoms with Crippen molar-refractivity contribution >= 4 is 43.2 Å². The molecular weight excluding hydrogens is 332 g/mol. The maximum atomic E-state index is 4.15. The molecule has 0 atom stereocenters. The molecule has 0 aliphatic heterocycles. The first kappa shape index (κ1) is 11.5. The fraction of sp³-hybridized carbons (Fsp3) is 0. The summed E-state index contributed by atoms with van der Waals surface area (Å²) in [6.45, 7) is 0. The van der Waals surface area contributed by atoms with Crippen LogP contribution in [0.5, 0.6) is 0 Å². The minimum atomic E-state index is 0.828. The van der Waals surface area contributed by atoms with Crippen LogP contribution in [0.3, 0.4) is 0 Å². The standard InChI is InChI=1S/C12H8Br2N2/c13-9-3-1-5-11(7-9)15-16-12-6-2-4-10(14)8-12/h1-8H. The molecule has 0 saturated carbocycles. The van der Waals surface area contributed by atoms with E-state index in [4.69, 9.17) is 0 Å². The van der Waals surface area contributed by atoms with Crippen molar-refractivity contribution in [3.63, 3.8) is 0 Å². The van der Waals surface area contributed by atoms with E-state index in [1.54, 1.807) is 0 Å². The summed E-state index contributed by atoms with van der Waals surface area (Å²) in [5, 5.41) is 8.31. The highest BCUT2D eigenvalue weighted by Gasteiger charge is 1.92. The number of rotatable bonds is 2. The lowest BCUT2D eigenvalue weighted by atomic mass is 10.3. The molecule has 0 aliphatic carbocycles. The molecule has 16 heavy (non-hydrogen) atoms. The van der Waals surface area contributed by atoms with Crippen LogP contribution in [0.25, 0.3) is 0 Å². The van der Waals surface area contributed by atoms with Crippen molar-refractivity contribution in [2.24, 2.45) is 10.2 Å². The minimum Gasteiger partial charge on any atom is -0.151 e. The Kier molecular flexibility index (Phi) is 3.85. The quantitative estimate of drug-likeness (QED) is 0.634. The van der Waals surface area contributed by atoms with E-state index < -0.39 is 0 Å². The second-order valence-corrected chi connectivity index (χ2v) is 4.99. The van der Waals surface area contributed by atoms with Crippen molar-refractivity contribution in [2.75, 3.05) is 0 Å². The molecule has 0 aromatic heterocycles. The molecule has 0 amide bonds. The summed E-state index contributed by atoms with van der Waals surface area (Å²) < 4.78 is 2.00. The second-order valence-electron chi connectivity index (χ2n) is 3.16. The summed E-state index contributed by atoms with van der Waals surface area (Å²) in [5.74, 6) is 0. The van der Waals surface area contributed by atoms with Gasteiger partial charge in [-0.2, -0.15) is 10.2 Å². The Balaban J connectivity index is 2.21. The molecule has 2 rings (SSSR count). The smallest absolute Gasteiger partial charge is 0.0868 e. The van der Waals surface area contributed by atoms with Gasteiger partial charge in [0, 0.05) is 8.95 Å². The molecule has 0 bridgehead atoms. The summed E-state index contributed by atoms with van der Waals surface area (Å²) in [7, 11) is 0. The average molecular weight is 340 g/mol. The maximum Gasteiger partial charge on any atom is 0.0868 e. The Morgan fingerprint density at radius 2 is 1.12 bits per heavy atom. The zero-order valence-corrected chi connectivity index (χ0v) is 11.4. The van der Waals surface area contributed by atoms with Crippen LogP contribution in [0.2, 0.25) is 0 Å². The van der Waals surface area contributed by atoms with Gasteiger partial charge in [-0.3, -0.25) is 0 Å². The van der Waals surface area contributed by atoms with Crippen LogP contribution in [-0.4, -0.2) is 0 Å². The second kappa shape index (κ2) is 5.37. The van der Waals surface area contributed by atoms with Crippen molar-refractivity contribution in [1.82, 2.24) is 0 Å². The van der Waals surface area contributed by atoms with Crippen LogP contribution >= 0.6 is 31.9 Å². The van der Waals surface area contributed by atoms with Crippen LogP contribution in [0.1, 0.15) is 0 Å². The Labute approximate surface area is 111 Å². The molecule has 0 unspecified atom stereocenters. The van der Waals surface area contributed by atoms with Crippen LogP contribution < -0.4 is 0 Å². The number of azo groups is 1. The van der Waals surface area contributed by atoms with Gasteiger partial charge >= 0.3 is 0 Å². The first-order valence-electron chi connectivity index (χ1n) is 4.67. The van der Waals surface area contributed by atoms with E-state index in [1.807, 2.05) is 48.5 Å². The third-order valence-corrected chi connectivity index (χ3v) is 2.88. The van der Waals surface area contributed by atoms with E-state index in [2.05, 4.69) is 42.1 Å². The molecule has 0 N–H and O–H groups in total. The SMILES string of the molecule is Brc1cccc(N=Nc2cccc(Br)c2)c1. The molecule has 0 aliphatic rings. The molecule has 4 heteroatoms. The molecule has 0 spiro atoms. The van der Waals surface area contributed by atoms with Crippen molar-refractivity contribution in [3.8, 4) is 0 Å². The Bertz CT molecular complexity index is 476. The Morgan fingerprint density at radius 1 is 0.688 bits per heavy atom. The van der Waals surface area contributed by atoms with Gasteiger partial charge in [0.15, 0.2) is 0 Å². The highest BCUT2D eigenvalue weighted by atomic mass is 79.9. The molecule has 0 radical (unpaired) electrons. The van der Waals surface area contributed by atoms with Gasteiger partial charge in [-0.25, -0.2) is 0 Å². The molecule has 2 aromatic rings. The lowest BCUT2D eigenvalue weighted by molar-refractivity contribution is 1.23. The van der Waals surface area contributed by atoms with Gasteiger partial charge < -0.3 is 0 Å². The lowest BCUT2D eigenvalue weighted by Gasteiger charge is -1.94. The highest BCUT2D eigenvalue weighted by Crippen LogP contribution is 2.23. The number of halogens is 2. The van der Waals surface area contributed by atoms with E-state index in [9.17, 15) is 0 Å². The molecule has 0 saturated heterocycles. The average Bonchev–Trinajstić information content (AvgIpc) is 2.27. The zero-order valence-electron chi connectivity index (χ0n) is 8.27. The summed E-state index contributed by atoms with van der Waals surface area (Å²) in [4.78, 5) is 0. The Hall–Kier alpha value is -1.00. The summed E-state index contributed by atoms with van der Waals surface area (Å²) in [6.07, 6.45) is 0. The van der Waals surface area contributed by atoms with Gasteiger partial charge in [-0.1, -0.05) is 44.0 Å². The molecule has 2 aromatic carbocycles. The summed E-state index contributed by atoms with van der Waals surface area (Å²) >= 11 is 6.78. The van der Waals surface area contributed by atoms with Gasteiger partial charge in [-0.15, -0.1) is 0 Å². The number of hydrogen-bond acceptors (Lipinski definition) is 2. The van der Waals surface area contributed by atoms with E-state index in [0.29, 0.717) is 0 Å². The lowest BCUT2D eigenvalue weighted by Crippen LogP contribution is -1.66. The maximum absolute atomic E-state index is 4.15. The number of hydrogen-bond donors (Lipinski definition) is 0. The van der Waals surface area contributed by atoms with Gasteiger partial charge in [0.1, 0.15) is 0 Å². The number of nitrogens with zero attached hydrogens (tertiary/aromatic N) is 2. The summed E-state index contributed by atoms with van der Waals surface area (Å²) in [5.41, 5.74) is 1.66. The first-order chi connectivity index (χ1) is 7.74.